The van der Waals surface area contributed by atoms with Gasteiger partial charge in [-0.15, -0.1) is 11.3 Å². The molecule has 26 heavy (non-hydrogen) atoms. The lowest BCUT2D eigenvalue weighted by Gasteiger charge is -2.27. The molecule has 6 heteroatoms. The van der Waals surface area contributed by atoms with Gasteiger partial charge in [0.1, 0.15) is 5.75 Å². The molecule has 0 unspecified atom stereocenters. The zero-order chi connectivity index (χ0) is 17.9. The summed E-state index contributed by atoms with van der Waals surface area (Å²) in [5.74, 6) is 1.07. The molecule has 0 spiro atoms. The summed E-state index contributed by atoms with van der Waals surface area (Å²) in [5, 5.41) is 4.97. The second-order valence-electron chi connectivity index (χ2n) is 6.75. The minimum atomic E-state index is 0.0666. The number of rotatable bonds is 5. The number of ether oxygens (including phenoxy) is 1. The van der Waals surface area contributed by atoms with Crippen LogP contribution < -0.4 is 10.1 Å². The minimum Gasteiger partial charge on any atom is -0.494 e. The molecule has 136 valence electrons. The molecule has 1 aromatic carbocycles. The Morgan fingerprint density at radius 3 is 3.04 bits per heavy atom. The van der Waals surface area contributed by atoms with Gasteiger partial charge in [-0.2, -0.15) is 0 Å². The van der Waals surface area contributed by atoms with Crippen molar-refractivity contribution in [3.8, 4) is 5.75 Å². The summed E-state index contributed by atoms with van der Waals surface area (Å²) in [6.07, 6.45) is 3.46. The average Bonchev–Trinajstić information content (AvgIpc) is 3.12. The van der Waals surface area contributed by atoms with E-state index in [-0.39, 0.29) is 11.8 Å². The zero-order valence-electron chi connectivity index (χ0n) is 14.6. The highest BCUT2D eigenvalue weighted by molar-refractivity contribution is 7.10. The van der Waals surface area contributed by atoms with Crippen molar-refractivity contribution in [2.45, 2.75) is 38.6 Å². The largest absolute Gasteiger partial charge is 0.494 e. The van der Waals surface area contributed by atoms with Crippen molar-refractivity contribution in [1.82, 2.24) is 4.90 Å². The topological polar surface area (TPSA) is 58.6 Å². The Morgan fingerprint density at radius 1 is 1.19 bits per heavy atom. The van der Waals surface area contributed by atoms with Gasteiger partial charge in [0, 0.05) is 36.5 Å². The molecule has 0 saturated carbocycles. The van der Waals surface area contributed by atoms with Gasteiger partial charge >= 0.3 is 0 Å². The minimum absolute atomic E-state index is 0.0666. The van der Waals surface area contributed by atoms with Gasteiger partial charge in [-0.05, 0) is 60.0 Å². The maximum atomic E-state index is 12.4. The van der Waals surface area contributed by atoms with Crippen LogP contribution >= 0.6 is 11.3 Å². The zero-order valence-corrected chi connectivity index (χ0v) is 15.4. The highest BCUT2D eigenvalue weighted by Crippen LogP contribution is 2.27. The number of aryl methyl sites for hydroxylation is 1. The molecular weight excluding hydrogens is 348 g/mol. The number of hydrogen-bond acceptors (Lipinski definition) is 4. The molecule has 0 saturated heterocycles. The lowest BCUT2D eigenvalue weighted by Crippen LogP contribution is -2.35. The summed E-state index contributed by atoms with van der Waals surface area (Å²) in [6.45, 7) is 2.09. The number of hydrogen-bond donors (Lipinski definition) is 1. The number of nitrogens with zero attached hydrogens (tertiary/aromatic N) is 1. The first-order valence-electron chi connectivity index (χ1n) is 9.07. The summed E-state index contributed by atoms with van der Waals surface area (Å²) in [4.78, 5) is 27.2. The smallest absolute Gasteiger partial charge is 0.224 e. The standard InChI is InChI=1S/C20H22N2O3S/c23-19-6-3-14-12-16(4-5-17(14)21-19)25-10-1-2-20(24)22-9-7-18-15(13-22)8-11-26-18/h4-5,8,11-12H,1-3,6-7,9-10,13H2,(H,21,23). The lowest BCUT2D eigenvalue weighted by atomic mass is 10.0. The fourth-order valence-electron chi connectivity index (χ4n) is 3.48. The summed E-state index contributed by atoms with van der Waals surface area (Å²) in [6, 6.07) is 7.87. The monoisotopic (exact) mass is 370 g/mol. The molecule has 1 N–H and O–H groups in total. The Hall–Kier alpha value is -2.34. The second-order valence-corrected chi connectivity index (χ2v) is 7.75. The van der Waals surface area contributed by atoms with Crippen LogP contribution in [-0.4, -0.2) is 29.9 Å². The molecule has 0 bridgehead atoms. The molecule has 2 aliphatic heterocycles. The first-order chi connectivity index (χ1) is 12.7. The van der Waals surface area contributed by atoms with Crippen molar-refractivity contribution < 1.29 is 14.3 Å². The maximum absolute atomic E-state index is 12.4. The summed E-state index contributed by atoms with van der Waals surface area (Å²) < 4.78 is 5.80. The van der Waals surface area contributed by atoms with Crippen LogP contribution in [0, 0.1) is 0 Å². The Bertz CT molecular complexity index is 830. The summed E-state index contributed by atoms with van der Waals surface area (Å²) in [5.41, 5.74) is 3.28. The number of anilines is 1. The number of nitrogens with one attached hydrogen (secondary N) is 1. The van der Waals surface area contributed by atoms with Gasteiger partial charge in [0.2, 0.25) is 11.8 Å². The molecular formula is C20H22N2O3S. The lowest BCUT2D eigenvalue weighted by molar-refractivity contribution is -0.132. The van der Waals surface area contributed by atoms with E-state index in [0.717, 1.165) is 42.9 Å². The molecule has 2 amide bonds. The van der Waals surface area contributed by atoms with Crippen LogP contribution in [0.4, 0.5) is 5.69 Å². The van der Waals surface area contributed by atoms with Crippen molar-refractivity contribution in [2.24, 2.45) is 0 Å². The third-order valence-corrected chi connectivity index (χ3v) is 5.96. The predicted octanol–water partition coefficient (Wildman–Crippen LogP) is 3.38. The van der Waals surface area contributed by atoms with Gasteiger partial charge < -0.3 is 15.0 Å². The van der Waals surface area contributed by atoms with E-state index in [0.29, 0.717) is 25.9 Å². The molecule has 3 heterocycles. The first-order valence-corrected chi connectivity index (χ1v) is 9.95. The highest BCUT2D eigenvalue weighted by Gasteiger charge is 2.21. The van der Waals surface area contributed by atoms with Crippen LogP contribution in [0.3, 0.4) is 0 Å². The second kappa shape index (κ2) is 7.50. The molecule has 0 fully saturated rings. The van der Waals surface area contributed by atoms with Crippen LogP contribution in [0.15, 0.2) is 29.6 Å². The highest BCUT2D eigenvalue weighted by atomic mass is 32.1. The number of carbonyl (C=O) groups is 2. The molecule has 2 aromatic rings. The van der Waals surface area contributed by atoms with Crippen LogP contribution in [0.25, 0.3) is 0 Å². The molecule has 2 aliphatic rings. The normalized spacial score (nSPS) is 15.8. The van der Waals surface area contributed by atoms with Gasteiger partial charge in [-0.3, -0.25) is 9.59 Å². The SMILES string of the molecule is O=C1CCc2cc(OCCCC(=O)N3CCc4sccc4C3)ccc2N1. The van der Waals surface area contributed by atoms with E-state index in [2.05, 4.69) is 16.8 Å². The quantitative estimate of drug-likeness (QED) is 0.821. The third kappa shape index (κ3) is 3.75. The molecule has 0 radical (unpaired) electrons. The van der Waals surface area contributed by atoms with Crippen molar-refractivity contribution in [3.05, 3.63) is 45.6 Å². The number of amides is 2. The number of thiophene rings is 1. The Balaban J connectivity index is 1.23. The molecule has 5 nitrogen and oxygen atoms in total. The fourth-order valence-corrected chi connectivity index (χ4v) is 4.37. The first kappa shape index (κ1) is 17.1. The van der Waals surface area contributed by atoms with Crippen molar-refractivity contribution >= 4 is 28.8 Å². The Morgan fingerprint density at radius 2 is 2.12 bits per heavy atom. The van der Waals surface area contributed by atoms with Crippen LogP contribution in [0.5, 0.6) is 5.75 Å². The maximum Gasteiger partial charge on any atom is 0.224 e. The Labute approximate surface area is 157 Å². The van der Waals surface area contributed by atoms with Crippen LogP contribution in [0.2, 0.25) is 0 Å². The molecule has 0 aliphatic carbocycles. The van der Waals surface area contributed by atoms with E-state index in [1.807, 2.05) is 23.1 Å². The van der Waals surface area contributed by atoms with Gasteiger partial charge in [0.15, 0.2) is 0 Å². The van der Waals surface area contributed by atoms with Gasteiger partial charge in [-0.1, -0.05) is 0 Å². The van der Waals surface area contributed by atoms with Crippen LogP contribution in [0.1, 0.15) is 35.3 Å². The van der Waals surface area contributed by atoms with Crippen molar-refractivity contribution in [2.75, 3.05) is 18.5 Å². The van der Waals surface area contributed by atoms with E-state index >= 15 is 0 Å². The van der Waals surface area contributed by atoms with E-state index in [4.69, 9.17) is 4.74 Å². The van der Waals surface area contributed by atoms with E-state index in [1.54, 1.807) is 11.3 Å². The van der Waals surface area contributed by atoms with E-state index in [1.165, 1.54) is 10.4 Å². The van der Waals surface area contributed by atoms with E-state index in [9.17, 15) is 9.59 Å². The predicted molar refractivity (Wildman–Crippen MR) is 102 cm³/mol. The van der Waals surface area contributed by atoms with E-state index < -0.39 is 0 Å². The Kier molecular flexibility index (Phi) is 4.93. The number of fused-ring (bicyclic) bond motifs is 2. The van der Waals surface area contributed by atoms with Crippen LogP contribution in [-0.2, 0) is 29.0 Å². The average molecular weight is 370 g/mol. The van der Waals surface area contributed by atoms with Crippen molar-refractivity contribution in [1.29, 1.82) is 0 Å². The van der Waals surface area contributed by atoms with Gasteiger partial charge in [0.05, 0.1) is 6.61 Å². The van der Waals surface area contributed by atoms with Gasteiger partial charge in [-0.25, -0.2) is 0 Å². The third-order valence-electron chi connectivity index (χ3n) is 4.94. The number of benzene rings is 1. The molecule has 0 atom stereocenters. The number of carbonyl (C=O) groups excluding carboxylic acids is 2. The molecule has 1 aromatic heterocycles. The summed E-state index contributed by atoms with van der Waals surface area (Å²) in [7, 11) is 0. The van der Waals surface area contributed by atoms with Crippen molar-refractivity contribution in [3.63, 3.8) is 0 Å². The molecule has 4 rings (SSSR count). The summed E-state index contributed by atoms with van der Waals surface area (Å²) >= 11 is 1.79. The fraction of sp³-hybridized carbons (Fsp3) is 0.400. The van der Waals surface area contributed by atoms with Gasteiger partial charge in [0.25, 0.3) is 0 Å².